The molecule has 1 aromatic carbocycles. The molecular weight excluding hydrogens is 206 g/mol. The van der Waals surface area contributed by atoms with Gasteiger partial charge in [-0.2, -0.15) is 0 Å². The van der Waals surface area contributed by atoms with Gasteiger partial charge in [-0.25, -0.2) is 9.67 Å². The molecule has 0 aliphatic heterocycles. The minimum atomic E-state index is 0.406. The van der Waals surface area contributed by atoms with Gasteiger partial charge in [-0.15, -0.1) is 5.10 Å². The maximum Gasteiger partial charge on any atom is 0.181 e. The maximum absolute atomic E-state index is 5.08. The molecule has 0 bridgehead atoms. The number of benzene rings is 1. The number of hydrogen-bond acceptors (Lipinski definition) is 4. The van der Waals surface area contributed by atoms with Crippen LogP contribution in [0.4, 0.5) is 0 Å². The van der Waals surface area contributed by atoms with Gasteiger partial charge in [-0.3, -0.25) is 0 Å². The van der Waals surface area contributed by atoms with E-state index < -0.39 is 0 Å². The predicted molar refractivity (Wildman–Crippen MR) is 59.0 cm³/mol. The summed E-state index contributed by atoms with van der Waals surface area (Å²) in [6.45, 7) is 0.406. The zero-order valence-corrected chi connectivity index (χ0v) is 9.25. The molecule has 0 radical (unpaired) electrons. The molecule has 0 fully saturated rings. The number of hydrogen-bond donors (Lipinski definition) is 0. The lowest BCUT2D eigenvalue weighted by atomic mass is 10.2. The quantitative estimate of drug-likeness (QED) is 0.783. The Bertz CT molecular complexity index is 451. The van der Waals surface area contributed by atoms with E-state index in [9.17, 15) is 0 Å². The van der Waals surface area contributed by atoms with Crippen LogP contribution in [0.15, 0.2) is 30.6 Å². The van der Waals surface area contributed by atoms with Crippen molar-refractivity contribution in [2.45, 2.75) is 6.73 Å². The maximum atomic E-state index is 5.08. The zero-order chi connectivity index (χ0) is 11.4. The highest BCUT2D eigenvalue weighted by Gasteiger charge is 2.03. The first kappa shape index (κ1) is 10.6. The summed E-state index contributed by atoms with van der Waals surface area (Å²) >= 11 is 0. The van der Waals surface area contributed by atoms with Crippen molar-refractivity contribution in [2.24, 2.45) is 0 Å². The summed E-state index contributed by atoms with van der Waals surface area (Å²) in [6, 6.07) is 7.61. The Morgan fingerprint density at radius 2 is 1.94 bits per heavy atom. The third-order valence-corrected chi connectivity index (χ3v) is 2.15. The summed E-state index contributed by atoms with van der Waals surface area (Å²) in [5, 5.41) is 4.27. The van der Waals surface area contributed by atoms with Gasteiger partial charge in [0.05, 0.1) is 7.11 Å². The third kappa shape index (κ3) is 2.20. The van der Waals surface area contributed by atoms with Crippen molar-refractivity contribution in [3.05, 3.63) is 30.6 Å². The highest BCUT2D eigenvalue weighted by molar-refractivity contribution is 5.55. The summed E-state index contributed by atoms with van der Waals surface area (Å²) < 4.78 is 11.7. The van der Waals surface area contributed by atoms with Crippen LogP contribution in [0.2, 0.25) is 0 Å². The lowest BCUT2D eigenvalue weighted by molar-refractivity contribution is 0.120. The first-order chi connectivity index (χ1) is 7.83. The number of rotatable bonds is 4. The van der Waals surface area contributed by atoms with E-state index in [1.165, 1.54) is 0 Å². The lowest BCUT2D eigenvalue weighted by Gasteiger charge is -2.00. The SMILES string of the molecule is COCn1cnc(-c2ccc(OC)cc2)n1. The number of ether oxygens (including phenoxy) is 2. The summed E-state index contributed by atoms with van der Waals surface area (Å²) in [6.07, 6.45) is 1.64. The Balaban J connectivity index is 2.21. The summed E-state index contributed by atoms with van der Waals surface area (Å²) in [5.74, 6) is 1.50. The molecule has 0 unspecified atom stereocenters. The fraction of sp³-hybridized carbons (Fsp3) is 0.273. The van der Waals surface area contributed by atoms with Gasteiger partial charge >= 0.3 is 0 Å². The Hall–Kier alpha value is -1.88. The van der Waals surface area contributed by atoms with Gasteiger partial charge in [-0.1, -0.05) is 0 Å². The van der Waals surface area contributed by atoms with Crippen LogP contribution in [-0.2, 0) is 11.5 Å². The Labute approximate surface area is 93.6 Å². The van der Waals surface area contributed by atoms with Crippen molar-refractivity contribution < 1.29 is 9.47 Å². The Morgan fingerprint density at radius 3 is 2.56 bits per heavy atom. The van der Waals surface area contributed by atoms with Crippen molar-refractivity contribution in [2.75, 3.05) is 14.2 Å². The smallest absolute Gasteiger partial charge is 0.181 e. The van der Waals surface area contributed by atoms with Gasteiger partial charge in [0.2, 0.25) is 0 Å². The number of nitrogens with zero attached hydrogens (tertiary/aromatic N) is 3. The van der Waals surface area contributed by atoms with Crippen LogP contribution in [0.3, 0.4) is 0 Å². The van der Waals surface area contributed by atoms with Gasteiger partial charge in [-0.05, 0) is 24.3 Å². The van der Waals surface area contributed by atoms with Crippen LogP contribution in [0.25, 0.3) is 11.4 Å². The molecule has 0 N–H and O–H groups in total. The standard InChI is InChI=1S/C11H13N3O2/c1-15-8-14-7-12-11(13-14)9-3-5-10(16-2)6-4-9/h3-7H,8H2,1-2H3. The van der Waals surface area contributed by atoms with Crippen LogP contribution in [0.1, 0.15) is 0 Å². The topological polar surface area (TPSA) is 49.2 Å². The van der Waals surface area contributed by atoms with Gasteiger partial charge in [0.1, 0.15) is 18.8 Å². The van der Waals surface area contributed by atoms with Crippen molar-refractivity contribution in [3.63, 3.8) is 0 Å². The van der Waals surface area contributed by atoms with Crippen LogP contribution in [0, 0.1) is 0 Å². The third-order valence-electron chi connectivity index (χ3n) is 2.15. The molecule has 5 nitrogen and oxygen atoms in total. The number of methoxy groups -OCH3 is 2. The molecule has 0 aliphatic carbocycles. The van der Waals surface area contributed by atoms with E-state index in [0.717, 1.165) is 11.3 Å². The highest BCUT2D eigenvalue weighted by atomic mass is 16.5. The second-order valence-electron chi connectivity index (χ2n) is 3.25. The second kappa shape index (κ2) is 4.76. The molecule has 0 aliphatic rings. The summed E-state index contributed by atoms with van der Waals surface area (Å²) in [7, 11) is 3.26. The predicted octanol–water partition coefficient (Wildman–Crippen LogP) is 1.56. The molecule has 0 amide bonds. The average molecular weight is 219 g/mol. The zero-order valence-electron chi connectivity index (χ0n) is 9.25. The number of aromatic nitrogens is 3. The van der Waals surface area contributed by atoms with E-state index in [2.05, 4.69) is 10.1 Å². The van der Waals surface area contributed by atoms with Crippen LogP contribution in [0.5, 0.6) is 5.75 Å². The van der Waals surface area contributed by atoms with Gasteiger partial charge < -0.3 is 9.47 Å². The second-order valence-corrected chi connectivity index (χ2v) is 3.25. The molecule has 2 aromatic rings. The molecule has 0 saturated heterocycles. The highest BCUT2D eigenvalue weighted by Crippen LogP contribution is 2.18. The van der Waals surface area contributed by atoms with Gasteiger partial charge in [0, 0.05) is 12.7 Å². The molecule has 0 spiro atoms. The largest absolute Gasteiger partial charge is 0.497 e. The van der Waals surface area contributed by atoms with Crippen LogP contribution >= 0.6 is 0 Å². The fourth-order valence-electron chi connectivity index (χ4n) is 1.36. The van der Waals surface area contributed by atoms with E-state index in [0.29, 0.717) is 12.6 Å². The van der Waals surface area contributed by atoms with Gasteiger partial charge in [0.25, 0.3) is 0 Å². The summed E-state index contributed by atoms with van der Waals surface area (Å²) in [5.41, 5.74) is 0.954. The molecule has 2 rings (SSSR count). The molecule has 1 heterocycles. The van der Waals surface area contributed by atoms with E-state index in [-0.39, 0.29) is 0 Å². The minimum Gasteiger partial charge on any atom is -0.497 e. The molecule has 0 atom stereocenters. The molecular formula is C11H13N3O2. The molecule has 5 heteroatoms. The first-order valence-electron chi connectivity index (χ1n) is 4.86. The lowest BCUT2D eigenvalue weighted by Crippen LogP contribution is -1.99. The van der Waals surface area contributed by atoms with E-state index in [1.807, 2.05) is 24.3 Å². The molecule has 84 valence electrons. The Morgan fingerprint density at radius 1 is 1.19 bits per heavy atom. The van der Waals surface area contributed by atoms with Gasteiger partial charge in [0.15, 0.2) is 5.82 Å². The first-order valence-corrected chi connectivity index (χ1v) is 4.86. The minimum absolute atomic E-state index is 0.406. The van der Waals surface area contributed by atoms with E-state index >= 15 is 0 Å². The average Bonchev–Trinajstić information content (AvgIpc) is 2.78. The fourth-order valence-corrected chi connectivity index (χ4v) is 1.36. The van der Waals surface area contributed by atoms with Crippen molar-refractivity contribution in [1.29, 1.82) is 0 Å². The van der Waals surface area contributed by atoms with E-state index in [1.54, 1.807) is 25.2 Å². The summed E-state index contributed by atoms with van der Waals surface area (Å²) in [4.78, 5) is 4.19. The monoisotopic (exact) mass is 219 g/mol. The van der Waals surface area contributed by atoms with Crippen molar-refractivity contribution in [3.8, 4) is 17.1 Å². The molecule has 16 heavy (non-hydrogen) atoms. The van der Waals surface area contributed by atoms with Crippen LogP contribution < -0.4 is 4.74 Å². The van der Waals surface area contributed by atoms with Crippen molar-refractivity contribution >= 4 is 0 Å². The van der Waals surface area contributed by atoms with E-state index in [4.69, 9.17) is 9.47 Å². The molecule has 0 saturated carbocycles. The van der Waals surface area contributed by atoms with Crippen molar-refractivity contribution in [1.82, 2.24) is 14.8 Å². The molecule has 1 aromatic heterocycles. The Kier molecular flexibility index (Phi) is 3.16. The van der Waals surface area contributed by atoms with Crippen LogP contribution in [-0.4, -0.2) is 29.0 Å². The normalized spacial score (nSPS) is 10.4.